The van der Waals surface area contributed by atoms with Gasteiger partial charge in [-0.15, -0.1) is 11.3 Å². The predicted octanol–water partition coefficient (Wildman–Crippen LogP) is 3.38. The van der Waals surface area contributed by atoms with E-state index in [2.05, 4.69) is 5.32 Å². The van der Waals surface area contributed by atoms with Gasteiger partial charge >= 0.3 is 5.97 Å². The molecule has 1 aliphatic carbocycles. The minimum Gasteiger partial charge on any atom is -0.477 e. The number of carboxylic acids is 1. The van der Waals surface area contributed by atoms with E-state index < -0.39 is 5.97 Å². The van der Waals surface area contributed by atoms with E-state index in [1.165, 1.54) is 12.5 Å². The van der Waals surface area contributed by atoms with Crippen molar-refractivity contribution in [1.82, 2.24) is 5.32 Å². The molecule has 1 aromatic carbocycles. The van der Waals surface area contributed by atoms with E-state index in [0.717, 1.165) is 24.2 Å². The van der Waals surface area contributed by atoms with Gasteiger partial charge in [0.15, 0.2) is 0 Å². The number of fused-ring (bicyclic) bond motifs is 1. The fourth-order valence-corrected chi connectivity index (χ4v) is 3.44. The average molecular weight is 279 g/mol. The number of hydrogen-bond donors (Lipinski definition) is 2. The molecule has 2 N–H and O–H groups in total. The third-order valence-electron chi connectivity index (χ3n) is 3.63. The van der Waals surface area contributed by atoms with Crippen LogP contribution in [0.4, 0.5) is 4.39 Å². The zero-order chi connectivity index (χ0) is 13.4. The van der Waals surface area contributed by atoms with Crippen LogP contribution >= 0.6 is 11.3 Å². The number of hydrogen-bond acceptors (Lipinski definition) is 3. The molecule has 0 bridgehead atoms. The van der Waals surface area contributed by atoms with Gasteiger partial charge in [-0.2, -0.15) is 0 Å². The van der Waals surface area contributed by atoms with Gasteiger partial charge in [-0.05, 0) is 25.0 Å². The number of benzene rings is 1. The molecule has 0 atom stereocenters. The van der Waals surface area contributed by atoms with Crippen LogP contribution in [0.2, 0.25) is 0 Å². The van der Waals surface area contributed by atoms with Crippen molar-refractivity contribution in [3.63, 3.8) is 0 Å². The SMILES string of the molecule is O=C(O)c1sc2cccc(F)c2c1CNC1CCC1. The van der Waals surface area contributed by atoms with Crippen molar-refractivity contribution in [2.45, 2.75) is 31.8 Å². The van der Waals surface area contributed by atoms with Crippen LogP contribution in [0.5, 0.6) is 0 Å². The van der Waals surface area contributed by atoms with Crippen molar-refractivity contribution in [2.75, 3.05) is 0 Å². The molecule has 1 aliphatic rings. The van der Waals surface area contributed by atoms with Gasteiger partial charge in [0.25, 0.3) is 0 Å². The lowest BCUT2D eigenvalue weighted by atomic mass is 9.93. The third kappa shape index (κ3) is 2.24. The highest BCUT2D eigenvalue weighted by Gasteiger charge is 2.22. The first kappa shape index (κ1) is 12.6. The summed E-state index contributed by atoms with van der Waals surface area (Å²) in [4.78, 5) is 11.5. The Bertz CT molecular complexity index is 634. The summed E-state index contributed by atoms with van der Waals surface area (Å²) >= 11 is 1.14. The van der Waals surface area contributed by atoms with Gasteiger partial charge in [0, 0.05) is 28.2 Å². The van der Waals surface area contributed by atoms with E-state index in [9.17, 15) is 14.3 Å². The molecule has 2 aromatic rings. The summed E-state index contributed by atoms with van der Waals surface area (Å²) in [5.41, 5.74) is 0.581. The summed E-state index contributed by atoms with van der Waals surface area (Å²) < 4.78 is 14.6. The van der Waals surface area contributed by atoms with Crippen LogP contribution in [0.25, 0.3) is 10.1 Å². The summed E-state index contributed by atoms with van der Waals surface area (Å²) in [5.74, 6) is -1.32. The van der Waals surface area contributed by atoms with Gasteiger partial charge in [-0.1, -0.05) is 12.5 Å². The smallest absolute Gasteiger partial charge is 0.346 e. The largest absolute Gasteiger partial charge is 0.477 e. The molecule has 0 radical (unpaired) electrons. The fourth-order valence-electron chi connectivity index (χ4n) is 2.37. The minimum absolute atomic E-state index is 0.243. The number of carboxylic acid groups (broad SMARTS) is 1. The van der Waals surface area contributed by atoms with Crippen LogP contribution in [0, 0.1) is 5.82 Å². The molecule has 5 heteroatoms. The maximum atomic E-state index is 13.9. The van der Waals surface area contributed by atoms with Crippen LogP contribution < -0.4 is 5.32 Å². The monoisotopic (exact) mass is 279 g/mol. The maximum absolute atomic E-state index is 13.9. The Morgan fingerprint density at radius 2 is 2.26 bits per heavy atom. The van der Waals surface area contributed by atoms with Crippen molar-refractivity contribution in [1.29, 1.82) is 0 Å². The van der Waals surface area contributed by atoms with Crippen LogP contribution in [0.3, 0.4) is 0 Å². The molecule has 3 rings (SSSR count). The standard InChI is InChI=1S/C14H14FNO2S/c15-10-5-2-6-11-12(10)9(13(19-11)14(17)18)7-16-8-3-1-4-8/h2,5-6,8,16H,1,3-4,7H2,(H,17,18). The minimum atomic E-state index is -0.981. The zero-order valence-electron chi connectivity index (χ0n) is 10.3. The Morgan fingerprint density at radius 3 is 2.89 bits per heavy atom. The van der Waals surface area contributed by atoms with Gasteiger partial charge in [-0.3, -0.25) is 0 Å². The number of thiophene rings is 1. The van der Waals surface area contributed by atoms with Crippen LogP contribution in [0.1, 0.15) is 34.5 Å². The number of aromatic carboxylic acids is 1. The first-order valence-electron chi connectivity index (χ1n) is 6.33. The van der Waals surface area contributed by atoms with E-state index >= 15 is 0 Å². The van der Waals surface area contributed by atoms with Crippen molar-refractivity contribution < 1.29 is 14.3 Å². The lowest BCUT2D eigenvalue weighted by Crippen LogP contribution is -2.34. The molecule has 0 aliphatic heterocycles. The Morgan fingerprint density at radius 1 is 1.47 bits per heavy atom. The molecule has 1 heterocycles. The highest BCUT2D eigenvalue weighted by atomic mass is 32.1. The van der Waals surface area contributed by atoms with E-state index in [-0.39, 0.29) is 10.7 Å². The second-order valence-corrected chi connectivity index (χ2v) is 5.89. The molecular formula is C14H14FNO2S. The number of halogens is 1. The number of carbonyl (C=O) groups is 1. The molecule has 1 fully saturated rings. The molecule has 19 heavy (non-hydrogen) atoms. The first-order valence-corrected chi connectivity index (χ1v) is 7.15. The lowest BCUT2D eigenvalue weighted by molar-refractivity contribution is 0.0701. The van der Waals surface area contributed by atoms with Crippen molar-refractivity contribution in [3.05, 3.63) is 34.5 Å². The Balaban J connectivity index is 2.02. The Hall–Kier alpha value is -1.46. The quantitative estimate of drug-likeness (QED) is 0.902. The third-order valence-corrected chi connectivity index (χ3v) is 4.82. The molecule has 0 spiro atoms. The molecule has 100 valence electrons. The number of rotatable bonds is 4. The Labute approximate surface area is 114 Å². The van der Waals surface area contributed by atoms with Gasteiger partial charge in [-0.25, -0.2) is 9.18 Å². The molecular weight excluding hydrogens is 265 g/mol. The highest BCUT2D eigenvalue weighted by Crippen LogP contribution is 2.33. The number of nitrogens with one attached hydrogen (secondary N) is 1. The van der Waals surface area contributed by atoms with Crippen LogP contribution in [-0.4, -0.2) is 17.1 Å². The lowest BCUT2D eigenvalue weighted by Gasteiger charge is -2.26. The van der Waals surface area contributed by atoms with Crippen LogP contribution in [-0.2, 0) is 6.54 Å². The van der Waals surface area contributed by atoms with Gasteiger partial charge in [0.05, 0.1) is 0 Å². The Kier molecular flexibility index (Phi) is 3.24. The van der Waals surface area contributed by atoms with E-state index in [0.29, 0.717) is 28.2 Å². The normalized spacial score (nSPS) is 15.6. The molecule has 0 amide bonds. The van der Waals surface area contributed by atoms with Gasteiger partial charge in [0.1, 0.15) is 10.7 Å². The summed E-state index contributed by atoms with van der Waals surface area (Å²) in [7, 11) is 0. The molecule has 1 saturated carbocycles. The van der Waals surface area contributed by atoms with Gasteiger partial charge < -0.3 is 10.4 Å². The molecule has 0 saturated heterocycles. The average Bonchev–Trinajstić information content (AvgIpc) is 2.68. The topological polar surface area (TPSA) is 49.3 Å². The van der Waals surface area contributed by atoms with E-state index in [1.807, 2.05) is 0 Å². The summed E-state index contributed by atoms with van der Waals surface area (Å²) in [5, 5.41) is 13.0. The van der Waals surface area contributed by atoms with Crippen molar-refractivity contribution in [2.24, 2.45) is 0 Å². The summed E-state index contributed by atoms with van der Waals surface area (Å²) in [6.07, 6.45) is 3.45. The molecule has 0 unspecified atom stereocenters. The molecule has 1 aromatic heterocycles. The molecule has 3 nitrogen and oxygen atoms in total. The first-order chi connectivity index (χ1) is 9.16. The van der Waals surface area contributed by atoms with Crippen LogP contribution in [0.15, 0.2) is 18.2 Å². The second kappa shape index (κ2) is 4.90. The highest BCUT2D eigenvalue weighted by molar-refractivity contribution is 7.21. The van der Waals surface area contributed by atoms with E-state index in [1.54, 1.807) is 12.1 Å². The van der Waals surface area contributed by atoms with E-state index in [4.69, 9.17) is 0 Å². The fraction of sp³-hybridized carbons (Fsp3) is 0.357. The zero-order valence-corrected chi connectivity index (χ0v) is 11.1. The van der Waals surface area contributed by atoms with Gasteiger partial charge in [0.2, 0.25) is 0 Å². The second-order valence-electron chi connectivity index (χ2n) is 4.84. The summed E-state index contributed by atoms with van der Waals surface area (Å²) in [6, 6.07) is 5.21. The van der Waals surface area contributed by atoms with Crippen molar-refractivity contribution >= 4 is 27.4 Å². The van der Waals surface area contributed by atoms with Crippen molar-refractivity contribution in [3.8, 4) is 0 Å². The summed E-state index contributed by atoms with van der Waals surface area (Å²) in [6.45, 7) is 0.424. The predicted molar refractivity (Wildman–Crippen MR) is 73.2 cm³/mol. The maximum Gasteiger partial charge on any atom is 0.346 e.